The van der Waals surface area contributed by atoms with Crippen molar-refractivity contribution in [3.05, 3.63) is 0 Å². The number of nitrogens with two attached hydrogens (primary N) is 1. The maximum absolute atomic E-state index is 14.2. The minimum atomic E-state index is -0.449. The van der Waals surface area contributed by atoms with Crippen LogP contribution >= 0.6 is 0 Å². The highest BCUT2D eigenvalue weighted by atomic mass is 16.5. The number of rotatable bonds is 9. The maximum Gasteiger partial charge on any atom is 0.248 e. The second kappa shape index (κ2) is 12.8. The molecule has 2 amide bonds. The number of carbonyl (C=O) groups is 2. The third-order valence-corrected chi connectivity index (χ3v) is 12.1. The van der Waals surface area contributed by atoms with Gasteiger partial charge in [-0.3, -0.25) is 9.59 Å². The van der Waals surface area contributed by atoms with Gasteiger partial charge in [0.05, 0.1) is 42.9 Å². The zero-order valence-corrected chi connectivity index (χ0v) is 25.7. The molecule has 3 heterocycles. The smallest absolute Gasteiger partial charge is 0.248 e. The van der Waals surface area contributed by atoms with Gasteiger partial charge in [-0.05, 0) is 88.9 Å². The van der Waals surface area contributed by atoms with Crippen molar-refractivity contribution in [2.75, 3.05) is 34.4 Å². The molecule has 3 saturated heterocycles. The van der Waals surface area contributed by atoms with E-state index in [2.05, 4.69) is 15.5 Å². The molecule has 0 aromatic rings. The van der Waals surface area contributed by atoms with Gasteiger partial charge in [0.1, 0.15) is 12.1 Å². The van der Waals surface area contributed by atoms with Crippen LogP contribution in [-0.2, 0) is 28.5 Å². The van der Waals surface area contributed by atoms with Gasteiger partial charge < -0.3 is 34.5 Å². The van der Waals surface area contributed by atoms with Crippen molar-refractivity contribution in [1.82, 2.24) is 10.2 Å². The number of quaternary nitrogens is 1. The summed E-state index contributed by atoms with van der Waals surface area (Å²) in [7, 11) is 5.30. The fraction of sp³-hybridized carbons (Fsp3) is 0.938. The molecule has 3 aliphatic carbocycles. The third kappa shape index (κ3) is 5.59. The molecule has 0 aromatic carbocycles. The lowest BCUT2D eigenvalue weighted by Crippen LogP contribution is -2.99. The summed E-state index contributed by atoms with van der Waals surface area (Å²) in [5.41, 5.74) is 0. The van der Waals surface area contributed by atoms with Crippen molar-refractivity contribution < 1.29 is 33.9 Å². The molecular formula is C32H54N3O6+. The first-order valence-electron chi connectivity index (χ1n) is 16.6. The van der Waals surface area contributed by atoms with Gasteiger partial charge in [0, 0.05) is 46.3 Å². The molecule has 0 radical (unpaired) electrons. The number of piperidine rings is 2. The normalized spacial score (nSPS) is 44.5. The van der Waals surface area contributed by atoms with Crippen molar-refractivity contribution in [2.45, 2.75) is 126 Å². The van der Waals surface area contributed by atoms with Gasteiger partial charge in [-0.1, -0.05) is 0 Å². The van der Waals surface area contributed by atoms with Crippen molar-refractivity contribution in [1.29, 1.82) is 0 Å². The summed E-state index contributed by atoms with van der Waals surface area (Å²) >= 11 is 0. The molecule has 9 heteroatoms. The van der Waals surface area contributed by atoms with Crippen LogP contribution in [0.25, 0.3) is 0 Å². The van der Waals surface area contributed by atoms with E-state index in [0.29, 0.717) is 47.8 Å². The molecule has 11 atom stereocenters. The number of amides is 2. The number of fused-ring (bicyclic) bond motifs is 5. The Morgan fingerprint density at radius 2 is 1.71 bits per heavy atom. The molecule has 0 bridgehead atoms. The second-order valence-electron chi connectivity index (χ2n) is 13.9. The molecule has 0 aromatic heterocycles. The SMILES string of the molecule is COC1CCC(CCNC(=O)C(C)OC2CCC3C(C2)C2CC[NH2+]C4C5CCC(OC)C(OC)C5C(=O)N3C24)CC1. The van der Waals surface area contributed by atoms with Crippen LogP contribution in [-0.4, -0.2) is 99.8 Å². The summed E-state index contributed by atoms with van der Waals surface area (Å²) in [4.78, 5) is 29.5. The van der Waals surface area contributed by atoms with E-state index in [9.17, 15) is 9.59 Å². The lowest BCUT2D eigenvalue weighted by Gasteiger charge is -2.53. The standard InChI is InChI=1S/C32H53N3O6/c1-18(31(36)34-15-13-19-5-7-20(38-2)8-6-19)41-21-9-11-25-24(17-21)22-14-16-33-28-23-10-12-26(39-3)30(40-4)27(23)32(37)35(25)29(22)28/h18-30,33H,5-17H2,1-4H3,(H,34,36)/p+1. The van der Waals surface area contributed by atoms with Crippen LogP contribution in [0, 0.1) is 29.6 Å². The molecule has 41 heavy (non-hydrogen) atoms. The Labute approximate surface area is 246 Å². The molecule has 11 unspecified atom stereocenters. The van der Waals surface area contributed by atoms with Crippen molar-refractivity contribution in [3.8, 4) is 0 Å². The zero-order chi connectivity index (χ0) is 28.7. The summed E-state index contributed by atoms with van der Waals surface area (Å²) in [5, 5.41) is 5.69. The minimum Gasteiger partial charge on any atom is -0.381 e. The van der Waals surface area contributed by atoms with Gasteiger partial charge in [0.15, 0.2) is 0 Å². The number of hydrogen-bond donors (Lipinski definition) is 2. The molecule has 3 aliphatic heterocycles. The average molecular weight is 577 g/mol. The number of nitrogens with zero attached hydrogens (tertiary/aromatic N) is 1. The zero-order valence-electron chi connectivity index (χ0n) is 25.7. The lowest BCUT2D eigenvalue weighted by molar-refractivity contribution is -0.713. The van der Waals surface area contributed by atoms with E-state index >= 15 is 0 Å². The van der Waals surface area contributed by atoms with Crippen LogP contribution in [0.2, 0.25) is 0 Å². The first kappa shape index (κ1) is 29.8. The summed E-state index contributed by atoms with van der Waals surface area (Å²) in [6, 6.07) is 1.05. The third-order valence-electron chi connectivity index (χ3n) is 12.1. The minimum absolute atomic E-state index is 0.00595. The fourth-order valence-electron chi connectivity index (χ4n) is 10.2. The van der Waals surface area contributed by atoms with Crippen LogP contribution in [0.5, 0.6) is 0 Å². The van der Waals surface area contributed by atoms with E-state index in [1.54, 1.807) is 21.3 Å². The van der Waals surface area contributed by atoms with Crippen LogP contribution in [0.3, 0.4) is 0 Å². The number of carbonyl (C=O) groups excluding carboxylic acids is 2. The van der Waals surface area contributed by atoms with Crippen LogP contribution in [0.4, 0.5) is 0 Å². The Bertz CT molecular complexity index is 927. The molecular weight excluding hydrogens is 522 g/mol. The Morgan fingerprint density at radius 3 is 2.44 bits per heavy atom. The molecule has 0 spiro atoms. The fourth-order valence-corrected chi connectivity index (χ4v) is 10.2. The molecule has 3 N–H and O–H groups in total. The summed E-state index contributed by atoms with van der Waals surface area (Å²) < 4.78 is 23.7. The Kier molecular flexibility index (Phi) is 9.28. The predicted octanol–water partition coefficient (Wildman–Crippen LogP) is 1.87. The highest BCUT2D eigenvalue weighted by molar-refractivity contribution is 5.82. The molecule has 9 nitrogen and oxygen atoms in total. The van der Waals surface area contributed by atoms with Crippen LogP contribution in [0.1, 0.15) is 77.6 Å². The molecule has 3 saturated carbocycles. The van der Waals surface area contributed by atoms with Crippen molar-refractivity contribution in [3.63, 3.8) is 0 Å². The van der Waals surface area contributed by atoms with Gasteiger partial charge in [0.2, 0.25) is 11.8 Å². The van der Waals surface area contributed by atoms with Crippen molar-refractivity contribution >= 4 is 11.8 Å². The Hall–Kier alpha value is -1.26. The molecule has 6 fully saturated rings. The van der Waals surface area contributed by atoms with E-state index in [-0.39, 0.29) is 36.2 Å². The van der Waals surface area contributed by atoms with E-state index in [4.69, 9.17) is 18.9 Å². The summed E-state index contributed by atoms with van der Waals surface area (Å²) in [6.45, 7) is 3.75. The highest BCUT2D eigenvalue weighted by Crippen LogP contribution is 2.53. The quantitative estimate of drug-likeness (QED) is 0.435. The van der Waals surface area contributed by atoms with E-state index < -0.39 is 6.10 Å². The van der Waals surface area contributed by atoms with Gasteiger partial charge in [-0.25, -0.2) is 0 Å². The van der Waals surface area contributed by atoms with Crippen LogP contribution < -0.4 is 10.6 Å². The van der Waals surface area contributed by atoms with E-state index in [1.165, 1.54) is 12.8 Å². The number of ether oxygens (including phenoxy) is 4. The predicted molar refractivity (Wildman–Crippen MR) is 153 cm³/mol. The van der Waals surface area contributed by atoms with Gasteiger partial charge in [0.25, 0.3) is 0 Å². The first-order valence-corrected chi connectivity index (χ1v) is 16.6. The average Bonchev–Trinajstić information content (AvgIpc) is 3.34. The Balaban J connectivity index is 1.05. The Morgan fingerprint density at radius 1 is 0.927 bits per heavy atom. The molecule has 6 rings (SSSR count). The highest BCUT2D eigenvalue weighted by Gasteiger charge is 2.66. The first-order chi connectivity index (χ1) is 19.9. The van der Waals surface area contributed by atoms with E-state index in [1.807, 2.05) is 6.92 Å². The lowest BCUT2D eigenvalue weighted by atomic mass is 9.64. The number of methoxy groups -OCH3 is 3. The van der Waals surface area contributed by atoms with E-state index in [0.717, 1.165) is 70.9 Å². The number of hydrogen-bond acceptors (Lipinski definition) is 6. The van der Waals surface area contributed by atoms with Gasteiger partial charge in [-0.15, -0.1) is 0 Å². The second-order valence-corrected chi connectivity index (χ2v) is 13.9. The van der Waals surface area contributed by atoms with Crippen LogP contribution in [0.15, 0.2) is 0 Å². The van der Waals surface area contributed by atoms with Gasteiger partial charge in [-0.2, -0.15) is 0 Å². The summed E-state index contributed by atoms with van der Waals surface area (Å²) in [6.07, 6.45) is 11.5. The molecule has 6 aliphatic rings. The maximum atomic E-state index is 14.2. The topological polar surface area (TPSA) is 103 Å². The number of nitrogens with one attached hydrogen (secondary N) is 1. The molecule has 232 valence electrons. The largest absolute Gasteiger partial charge is 0.381 e. The van der Waals surface area contributed by atoms with Gasteiger partial charge >= 0.3 is 0 Å². The van der Waals surface area contributed by atoms with Crippen molar-refractivity contribution in [2.24, 2.45) is 29.6 Å². The monoisotopic (exact) mass is 576 g/mol. The summed E-state index contributed by atoms with van der Waals surface area (Å²) in [5.74, 6) is 2.22.